The van der Waals surface area contributed by atoms with Gasteiger partial charge in [0.15, 0.2) is 0 Å². The molecule has 0 nitrogen and oxygen atoms in total. The molecule has 0 bridgehead atoms. The molecule has 0 aromatic heterocycles. The second-order valence-electron chi connectivity index (χ2n) is 3.38. The van der Waals surface area contributed by atoms with E-state index < -0.39 is 0 Å². The fraction of sp³-hybridized carbons (Fsp3) is 0.143. The second-order valence-corrected chi connectivity index (χ2v) is 3.38. The number of rotatable bonds is 2. The van der Waals surface area contributed by atoms with Crippen molar-refractivity contribution >= 4 is 16.8 Å². The summed E-state index contributed by atoms with van der Waals surface area (Å²) in [6, 6.07) is 14.9. The lowest BCUT2D eigenvalue weighted by Gasteiger charge is -2.00. The molecule has 2 aromatic rings. The van der Waals surface area contributed by atoms with Gasteiger partial charge in [0.2, 0.25) is 0 Å². The van der Waals surface area contributed by atoms with Crippen LogP contribution < -0.4 is 0 Å². The molecule has 70 valence electrons. The van der Waals surface area contributed by atoms with Crippen molar-refractivity contribution in [3.05, 3.63) is 54.1 Å². The molecule has 0 radical (unpaired) electrons. The van der Waals surface area contributed by atoms with E-state index in [2.05, 4.69) is 61.5 Å². The molecule has 0 aliphatic carbocycles. The van der Waals surface area contributed by atoms with E-state index in [9.17, 15) is 0 Å². The van der Waals surface area contributed by atoms with Crippen LogP contribution in [0.4, 0.5) is 0 Å². The molecule has 0 heteroatoms. The molecule has 0 aliphatic heterocycles. The van der Waals surface area contributed by atoms with Crippen LogP contribution in [-0.4, -0.2) is 0 Å². The lowest BCUT2D eigenvalue weighted by Crippen LogP contribution is -1.76. The molecule has 2 rings (SSSR count). The zero-order chi connectivity index (χ0) is 9.80. The van der Waals surface area contributed by atoms with Gasteiger partial charge in [-0.2, -0.15) is 0 Å². The molecular formula is C14H14. The van der Waals surface area contributed by atoms with E-state index in [0.29, 0.717) is 0 Å². The Hall–Kier alpha value is -1.56. The number of allylic oxidation sites excluding steroid dienone is 1. The average molecular weight is 182 g/mol. The predicted molar refractivity (Wildman–Crippen MR) is 63.3 cm³/mol. The first-order valence-corrected chi connectivity index (χ1v) is 5.06. The van der Waals surface area contributed by atoms with Crippen LogP contribution >= 0.6 is 0 Å². The first-order valence-electron chi connectivity index (χ1n) is 5.06. The van der Waals surface area contributed by atoms with Crippen molar-refractivity contribution < 1.29 is 0 Å². The van der Waals surface area contributed by atoms with E-state index >= 15 is 0 Å². The summed E-state index contributed by atoms with van der Waals surface area (Å²) in [7, 11) is 0. The van der Waals surface area contributed by atoms with Crippen LogP contribution in [0.15, 0.2) is 48.5 Å². The Kier molecular flexibility index (Phi) is 2.64. The molecular weight excluding hydrogens is 168 g/mol. The summed E-state index contributed by atoms with van der Waals surface area (Å²) in [6.45, 7) is 2.15. The maximum absolute atomic E-state index is 2.20. The third-order valence-corrected chi connectivity index (χ3v) is 2.36. The molecule has 14 heavy (non-hydrogen) atoms. The third kappa shape index (κ3) is 1.69. The molecule has 0 amide bonds. The Morgan fingerprint density at radius 3 is 2.64 bits per heavy atom. The Morgan fingerprint density at radius 1 is 1.00 bits per heavy atom. The Balaban J connectivity index is 2.59. The van der Waals surface area contributed by atoms with Crippen LogP contribution in [0.3, 0.4) is 0 Å². The van der Waals surface area contributed by atoms with Crippen molar-refractivity contribution in [3.63, 3.8) is 0 Å². The minimum atomic E-state index is 1.09. The van der Waals surface area contributed by atoms with Crippen LogP contribution in [0.1, 0.15) is 18.9 Å². The Morgan fingerprint density at radius 2 is 1.79 bits per heavy atom. The summed E-state index contributed by atoms with van der Waals surface area (Å²) < 4.78 is 0. The van der Waals surface area contributed by atoms with E-state index in [-0.39, 0.29) is 0 Å². The Labute approximate surface area is 84.9 Å². The van der Waals surface area contributed by atoms with E-state index in [1.54, 1.807) is 0 Å². The van der Waals surface area contributed by atoms with E-state index in [1.807, 2.05) is 0 Å². The average Bonchev–Trinajstić information content (AvgIpc) is 2.26. The molecule has 0 aliphatic rings. The summed E-state index contributed by atoms with van der Waals surface area (Å²) >= 11 is 0. The maximum Gasteiger partial charge on any atom is -0.0112 e. The van der Waals surface area contributed by atoms with Gasteiger partial charge in [0.05, 0.1) is 0 Å². The van der Waals surface area contributed by atoms with Crippen molar-refractivity contribution in [2.24, 2.45) is 0 Å². The molecule has 0 fully saturated rings. The van der Waals surface area contributed by atoms with Crippen molar-refractivity contribution in [1.29, 1.82) is 0 Å². The largest absolute Gasteiger partial charge is 0.0842 e. The van der Waals surface area contributed by atoms with Crippen molar-refractivity contribution in [3.8, 4) is 0 Å². The van der Waals surface area contributed by atoms with E-state index in [0.717, 1.165) is 6.42 Å². The highest BCUT2D eigenvalue weighted by molar-refractivity contribution is 5.90. The standard InChI is InChI=1S/C14H14/c1-2-3-7-12-9-6-10-13-8-4-5-11-14(12)13/h3-11H,2H2,1H3. The van der Waals surface area contributed by atoms with Gasteiger partial charge in [-0.1, -0.05) is 61.5 Å². The lowest BCUT2D eigenvalue weighted by molar-refractivity contribution is 1.23. The van der Waals surface area contributed by atoms with Gasteiger partial charge in [-0.25, -0.2) is 0 Å². The van der Waals surface area contributed by atoms with Gasteiger partial charge in [0, 0.05) is 0 Å². The summed E-state index contributed by atoms with van der Waals surface area (Å²) in [5.74, 6) is 0. The van der Waals surface area contributed by atoms with Crippen LogP contribution in [-0.2, 0) is 0 Å². The summed E-state index contributed by atoms with van der Waals surface area (Å²) in [6.07, 6.45) is 5.48. The molecule has 0 N–H and O–H groups in total. The molecule has 0 spiro atoms. The zero-order valence-electron chi connectivity index (χ0n) is 8.40. The molecule has 2 aromatic carbocycles. The minimum absolute atomic E-state index is 1.09. The second kappa shape index (κ2) is 4.10. The topological polar surface area (TPSA) is 0 Å². The summed E-state index contributed by atoms with van der Waals surface area (Å²) in [5.41, 5.74) is 1.31. The summed E-state index contributed by atoms with van der Waals surface area (Å²) in [5, 5.41) is 2.64. The van der Waals surface area contributed by atoms with Crippen LogP contribution in [0.25, 0.3) is 16.8 Å². The molecule has 0 unspecified atom stereocenters. The van der Waals surface area contributed by atoms with Crippen LogP contribution in [0.5, 0.6) is 0 Å². The monoisotopic (exact) mass is 182 g/mol. The first-order chi connectivity index (χ1) is 6.92. The van der Waals surface area contributed by atoms with Gasteiger partial charge in [0.25, 0.3) is 0 Å². The lowest BCUT2D eigenvalue weighted by atomic mass is 10.0. The van der Waals surface area contributed by atoms with Gasteiger partial charge in [-0.3, -0.25) is 0 Å². The SMILES string of the molecule is CCC=Cc1cccc2ccccc12. The normalized spacial score (nSPS) is 11.2. The van der Waals surface area contributed by atoms with Gasteiger partial charge in [-0.15, -0.1) is 0 Å². The number of benzene rings is 2. The van der Waals surface area contributed by atoms with Gasteiger partial charge in [-0.05, 0) is 22.8 Å². The minimum Gasteiger partial charge on any atom is -0.0842 e. The highest BCUT2D eigenvalue weighted by Crippen LogP contribution is 2.19. The fourth-order valence-electron chi connectivity index (χ4n) is 1.64. The predicted octanol–water partition coefficient (Wildman–Crippen LogP) is 4.26. The highest BCUT2D eigenvalue weighted by atomic mass is 14.0. The smallest absolute Gasteiger partial charge is 0.0112 e. The van der Waals surface area contributed by atoms with Crippen molar-refractivity contribution in [2.45, 2.75) is 13.3 Å². The van der Waals surface area contributed by atoms with Crippen molar-refractivity contribution in [1.82, 2.24) is 0 Å². The molecule has 0 saturated heterocycles. The maximum atomic E-state index is 2.20. The van der Waals surface area contributed by atoms with Gasteiger partial charge in [0.1, 0.15) is 0 Å². The van der Waals surface area contributed by atoms with Gasteiger partial charge < -0.3 is 0 Å². The highest BCUT2D eigenvalue weighted by Gasteiger charge is 1.94. The van der Waals surface area contributed by atoms with Crippen LogP contribution in [0, 0.1) is 0 Å². The quantitative estimate of drug-likeness (QED) is 0.651. The van der Waals surface area contributed by atoms with E-state index in [1.165, 1.54) is 16.3 Å². The first kappa shape index (κ1) is 9.01. The third-order valence-electron chi connectivity index (χ3n) is 2.36. The molecule has 0 heterocycles. The number of fused-ring (bicyclic) bond motifs is 1. The molecule has 0 atom stereocenters. The molecule has 0 saturated carbocycles. The zero-order valence-corrected chi connectivity index (χ0v) is 8.40. The van der Waals surface area contributed by atoms with E-state index in [4.69, 9.17) is 0 Å². The fourth-order valence-corrected chi connectivity index (χ4v) is 1.64. The van der Waals surface area contributed by atoms with Crippen LogP contribution in [0.2, 0.25) is 0 Å². The number of hydrogen-bond donors (Lipinski definition) is 0. The Bertz CT molecular complexity index is 447. The van der Waals surface area contributed by atoms with Gasteiger partial charge >= 0.3 is 0 Å². The number of hydrogen-bond acceptors (Lipinski definition) is 0. The summed E-state index contributed by atoms with van der Waals surface area (Å²) in [4.78, 5) is 0. The van der Waals surface area contributed by atoms with Crippen molar-refractivity contribution in [2.75, 3.05) is 0 Å².